The summed E-state index contributed by atoms with van der Waals surface area (Å²) in [5.74, 6) is -0.182. The molecule has 0 aromatic heterocycles. The number of amides is 1. The van der Waals surface area contributed by atoms with Crippen molar-refractivity contribution >= 4 is 17.3 Å². The van der Waals surface area contributed by atoms with Gasteiger partial charge in [0.05, 0.1) is 6.54 Å². The molecule has 20 heavy (non-hydrogen) atoms. The standard InChI is InChI=1S/C16H15FN2O/c17-13-4-1-11(2-5-13)10-19-15-7-6-14(18)9-12(15)3-8-16(19)20/h1-2,4-7,9H,3,8,10,18H2. The van der Waals surface area contributed by atoms with Gasteiger partial charge in [-0.25, -0.2) is 4.39 Å². The molecular weight excluding hydrogens is 255 g/mol. The number of aryl methyl sites for hydroxylation is 1. The first-order valence-corrected chi connectivity index (χ1v) is 6.57. The van der Waals surface area contributed by atoms with E-state index in [9.17, 15) is 9.18 Å². The summed E-state index contributed by atoms with van der Waals surface area (Å²) < 4.78 is 12.9. The smallest absolute Gasteiger partial charge is 0.227 e. The zero-order chi connectivity index (χ0) is 14.1. The monoisotopic (exact) mass is 270 g/mol. The molecule has 1 heterocycles. The van der Waals surface area contributed by atoms with Crippen molar-refractivity contribution in [2.45, 2.75) is 19.4 Å². The first kappa shape index (κ1) is 12.7. The van der Waals surface area contributed by atoms with Crippen molar-refractivity contribution in [3.05, 3.63) is 59.4 Å². The largest absolute Gasteiger partial charge is 0.399 e. The fourth-order valence-corrected chi connectivity index (χ4v) is 2.53. The van der Waals surface area contributed by atoms with Crippen LogP contribution in [0.5, 0.6) is 0 Å². The Balaban J connectivity index is 1.93. The Bertz CT molecular complexity index is 652. The number of nitrogen functional groups attached to an aromatic ring is 1. The van der Waals surface area contributed by atoms with Crippen LogP contribution in [-0.2, 0) is 17.8 Å². The quantitative estimate of drug-likeness (QED) is 0.853. The van der Waals surface area contributed by atoms with Crippen LogP contribution in [0.15, 0.2) is 42.5 Å². The van der Waals surface area contributed by atoms with Crippen molar-refractivity contribution in [1.29, 1.82) is 0 Å². The van der Waals surface area contributed by atoms with Crippen molar-refractivity contribution in [1.82, 2.24) is 0 Å². The van der Waals surface area contributed by atoms with Gasteiger partial charge in [0.25, 0.3) is 0 Å². The molecule has 0 saturated carbocycles. The van der Waals surface area contributed by atoms with Gasteiger partial charge in [-0.05, 0) is 47.9 Å². The Morgan fingerprint density at radius 1 is 1.10 bits per heavy atom. The van der Waals surface area contributed by atoms with Gasteiger partial charge in [-0.1, -0.05) is 12.1 Å². The fraction of sp³-hybridized carbons (Fsp3) is 0.188. The summed E-state index contributed by atoms with van der Waals surface area (Å²) in [6.45, 7) is 0.454. The molecule has 3 nitrogen and oxygen atoms in total. The number of hydrogen-bond donors (Lipinski definition) is 1. The summed E-state index contributed by atoms with van der Waals surface area (Å²) in [6, 6.07) is 11.8. The molecule has 2 aromatic rings. The molecule has 0 radical (unpaired) electrons. The van der Waals surface area contributed by atoms with Crippen LogP contribution in [0.25, 0.3) is 0 Å². The highest BCUT2D eigenvalue weighted by Crippen LogP contribution is 2.30. The van der Waals surface area contributed by atoms with Gasteiger partial charge in [0.15, 0.2) is 0 Å². The maximum atomic E-state index is 12.9. The summed E-state index contributed by atoms with van der Waals surface area (Å²) >= 11 is 0. The van der Waals surface area contributed by atoms with E-state index in [2.05, 4.69) is 0 Å². The molecule has 3 rings (SSSR count). The van der Waals surface area contributed by atoms with Crippen LogP contribution in [0, 0.1) is 5.82 Å². The van der Waals surface area contributed by atoms with Crippen molar-refractivity contribution in [3.63, 3.8) is 0 Å². The molecule has 0 saturated heterocycles. The van der Waals surface area contributed by atoms with Gasteiger partial charge in [0, 0.05) is 17.8 Å². The highest BCUT2D eigenvalue weighted by molar-refractivity contribution is 5.96. The fourth-order valence-electron chi connectivity index (χ4n) is 2.53. The molecular formula is C16H15FN2O. The van der Waals surface area contributed by atoms with E-state index in [0.717, 1.165) is 23.2 Å². The lowest BCUT2D eigenvalue weighted by molar-refractivity contribution is -0.119. The van der Waals surface area contributed by atoms with E-state index in [0.29, 0.717) is 18.7 Å². The van der Waals surface area contributed by atoms with Gasteiger partial charge in [0.1, 0.15) is 5.82 Å². The number of carbonyl (C=O) groups excluding carboxylic acids is 1. The van der Waals surface area contributed by atoms with Gasteiger partial charge in [-0.3, -0.25) is 4.79 Å². The zero-order valence-corrected chi connectivity index (χ0v) is 11.0. The number of anilines is 2. The van der Waals surface area contributed by atoms with Crippen LogP contribution in [-0.4, -0.2) is 5.91 Å². The number of carbonyl (C=O) groups is 1. The zero-order valence-electron chi connectivity index (χ0n) is 11.0. The average Bonchev–Trinajstić information content (AvgIpc) is 2.44. The SMILES string of the molecule is Nc1ccc2c(c1)CCC(=O)N2Cc1ccc(F)cc1. The third-order valence-corrected chi connectivity index (χ3v) is 3.56. The van der Waals surface area contributed by atoms with Gasteiger partial charge < -0.3 is 10.6 Å². The molecule has 0 fully saturated rings. The number of hydrogen-bond acceptors (Lipinski definition) is 2. The predicted molar refractivity (Wildman–Crippen MR) is 76.8 cm³/mol. The minimum atomic E-state index is -0.271. The van der Waals surface area contributed by atoms with Crippen molar-refractivity contribution < 1.29 is 9.18 Å². The topological polar surface area (TPSA) is 46.3 Å². The van der Waals surface area contributed by atoms with Gasteiger partial charge in [-0.15, -0.1) is 0 Å². The number of nitrogens with two attached hydrogens (primary N) is 1. The summed E-state index contributed by atoms with van der Waals surface area (Å²) in [7, 11) is 0. The lowest BCUT2D eigenvalue weighted by Gasteiger charge is -2.29. The van der Waals surface area contributed by atoms with E-state index in [-0.39, 0.29) is 11.7 Å². The molecule has 1 amide bonds. The van der Waals surface area contributed by atoms with E-state index in [1.807, 2.05) is 12.1 Å². The molecule has 4 heteroatoms. The number of nitrogens with zero attached hydrogens (tertiary/aromatic N) is 1. The Hall–Kier alpha value is -2.36. The number of halogens is 1. The Morgan fingerprint density at radius 3 is 2.60 bits per heavy atom. The predicted octanol–water partition coefficient (Wildman–Crippen LogP) is 2.89. The van der Waals surface area contributed by atoms with Crippen LogP contribution in [0.4, 0.5) is 15.8 Å². The van der Waals surface area contributed by atoms with E-state index in [1.54, 1.807) is 23.1 Å². The van der Waals surface area contributed by atoms with Crippen molar-refractivity contribution in [3.8, 4) is 0 Å². The van der Waals surface area contributed by atoms with Crippen molar-refractivity contribution in [2.75, 3.05) is 10.6 Å². The van der Waals surface area contributed by atoms with Crippen LogP contribution >= 0.6 is 0 Å². The van der Waals surface area contributed by atoms with Gasteiger partial charge in [-0.2, -0.15) is 0 Å². The summed E-state index contributed by atoms with van der Waals surface area (Å²) in [6.07, 6.45) is 1.21. The summed E-state index contributed by atoms with van der Waals surface area (Å²) in [4.78, 5) is 13.9. The second kappa shape index (κ2) is 4.96. The van der Waals surface area contributed by atoms with Crippen LogP contribution in [0.3, 0.4) is 0 Å². The van der Waals surface area contributed by atoms with Crippen molar-refractivity contribution in [2.24, 2.45) is 0 Å². The molecule has 0 unspecified atom stereocenters. The maximum Gasteiger partial charge on any atom is 0.227 e. The van der Waals surface area contributed by atoms with Crippen LogP contribution < -0.4 is 10.6 Å². The minimum absolute atomic E-state index is 0.0894. The first-order chi connectivity index (χ1) is 9.63. The van der Waals surface area contributed by atoms with Crippen LogP contribution in [0.1, 0.15) is 17.5 Å². The normalized spacial score (nSPS) is 14.2. The number of fused-ring (bicyclic) bond motifs is 1. The second-order valence-corrected chi connectivity index (χ2v) is 4.99. The molecule has 0 atom stereocenters. The molecule has 1 aliphatic rings. The third-order valence-electron chi connectivity index (χ3n) is 3.56. The van der Waals surface area contributed by atoms with E-state index >= 15 is 0 Å². The van der Waals surface area contributed by atoms with E-state index < -0.39 is 0 Å². The molecule has 2 aromatic carbocycles. The molecule has 102 valence electrons. The summed E-state index contributed by atoms with van der Waals surface area (Å²) in [5, 5.41) is 0. The first-order valence-electron chi connectivity index (χ1n) is 6.57. The van der Waals surface area contributed by atoms with E-state index in [4.69, 9.17) is 5.73 Å². The Kier molecular flexibility index (Phi) is 3.14. The van der Waals surface area contributed by atoms with Crippen LogP contribution in [0.2, 0.25) is 0 Å². The highest BCUT2D eigenvalue weighted by atomic mass is 19.1. The Labute approximate surface area is 116 Å². The summed E-state index contributed by atoms with van der Waals surface area (Å²) in [5.41, 5.74) is 9.39. The number of benzene rings is 2. The van der Waals surface area contributed by atoms with Gasteiger partial charge in [0.2, 0.25) is 5.91 Å². The van der Waals surface area contributed by atoms with Gasteiger partial charge >= 0.3 is 0 Å². The highest BCUT2D eigenvalue weighted by Gasteiger charge is 2.24. The van der Waals surface area contributed by atoms with E-state index in [1.165, 1.54) is 12.1 Å². The molecule has 0 aliphatic carbocycles. The number of rotatable bonds is 2. The second-order valence-electron chi connectivity index (χ2n) is 4.99. The molecule has 0 spiro atoms. The minimum Gasteiger partial charge on any atom is -0.399 e. The molecule has 2 N–H and O–H groups in total. The maximum absolute atomic E-state index is 12.9. The Morgan fingerprint density at radius 2 is 1.85 bits per heavy atom. The molecule has 0 bridgehead atoms. The lowest BCUT2D eigenvalue weighted by atomic mass is 10.00. The lowest BCUT2D eigenvalue weighted by Crippen LogP contribution is -2.34. The third kappa shape index (κ3) is 2.37. The molecule has 1 aliphatic heterocycles. The average molecular weight is 270 g/mol.